The van der Waals surface area contributed by atoms with Gasteiger partial charge in [0.15, 0.2) is 0 Å². The van der Waals surface area contributed by atoms with Crippen molar-refractivity contribution in [1.29, 1.82) is 0 Å². The van der Waals surface area contributed by atoms with Crippen LogP contribution in [0.2, 0.25) is 0 Å². The Morgan fingerprint density at radius 1 is 0.489 bits per heavy atom. The predicted molar refractivity (Wildman–Crippen MR) is 191 cm³/mol. The Balaban J connectivity index is 5.45. The highest BCUT2D eigenvalue weighted by Crippen LogP contribution is 2.33. The van der Waals surface area contributed by atoms with Crippen LogP contribution in [0.25, 0.3) is 0 Å². The van der Waals surface area contributed by atoms with E-state index in [1.165, 1.54) is 51.4 Å². The smallest absolute Gasteiger partial charge is 0.0760 e. The molecule has 0 aromatic rings. The molecule has 0 amide bonds. The van der Waals surface area contributed by atoms with Crippen LogP contribution in [-0.2, 0) is 28.4 Å². The Kier molecular flexibility index (Phi) is 34.9. The topological polar surface area (TPSA) is 55.4 Å². The van der Waals surface area contributed by atoms with Gasteiger partial charge in [0.1, 0.15) is 0 Å². The van der Waals surface area contributed by atoms with Gasteiger partial charge in [-0.15, -0.1) is 0 Å². The zero-order valence-corrected chi connectivity index (χ0v) is 31.2. The van der Waals surface area contributed by atoms with Crippen LogP contribution >= 0.6 is 0 Å². The van der Waals surface area contributed by atoms with Crippen LogP contribution in [-0.4, -0.2) is 78.3 Å². The summed E-state index contributed by atoms with van der Waals surface area (Å²) >= 11 is 0. The summed E-state index contributed by atoms with van der Waals surface area (Å²) in [5.74, 6) is 0.383. The first-order chi connectivity index (χ1) is 22.1. The molecule has 0 spiro atoms. The first-order valence-electron chi connectivity index (χ1n) is 19.4. The molecule has 45 heavy (non-hydrogen) atoms. The highest BCUT2D eigenvalue weighted by molar-refractivity contribution is 4.99. The van der Waals surface area contributed by atoms with Crippen molar-refractivity contribution < 1.29 is 28.4 Å². The van der Waals surface area contributed by atoms with Gasteiger partial charge < -0.3 is 28.4 Å². The quantitative estimate of drug-likeness (QED) is 0.0624. The molecule has 1 radical (unpaired) electrons. The van der Waals surface area contributed by atoms with E-state index in [0.717, 1.165) is 137 Å². The van der Waals surface area contributed by atoms with Crippen molar-refractivity contribution in [3.05, 3.63) is 6.42 Å². The van der Waals surface area contributed by atoms with Crippen molar-refractivity contribution in [2.75, 3.05) is 66.6 Å². The molecule has 0 aliphatic rings. The van der Waals surface area contributed by atoms with Gasteiger partial charge >= 0.3 is 0 Å². The number of ether oxygens (including phenoxy) is 6. The van der Waals surface area contributed by atoms with E-state index in [0.29, 0.717) is 5.92 Å². The number of rotatable bonds is 38. The predicted octanol–water partition coefficient (Wildman–Crippen LogP) is 10.5. The SMILES string of the molecule is CCCCCCCCOCCC([CH]C(CCOC)CCC(CCCOCCC)OCC)(CCOCCCCCC)OCCCC. The molecule has 0 saturated heterocycles. The maximum atomic E-state index is 6.85. The summed E-state index contributed by atoms with van der Waals surface area (Å²) in [5, 5.41) is 0. The van der Waals surface area contributed by atoms with Crippen molar-refractivity contribution in [2.24, 2.45) is 5.92 Å². The summed E-state index contributed by atoms with van der Waals surface area (Å²) in [6.07, 6.45) is 25.7. The van der Waals surface area contributed by atoms with E-state index < -0.39 is 0 Å². The first-order valence-corrected chi connectivity index (χ1v) is 19.4. The molecule has 0 aromatic heterocycles. The first kappa shape index (κ1) is 44.8. The Hall–Kier alpha value is -0.240. The van der Waals surface area contributed by atoms with Crippen LogP contribution in [0.4, 0.5) is 0 Å². The fourth-order valence-corrected chi connectivity index (χ4v) is 5.83. The van der Waals surface area contributed by atoms with Gasteiger partial charge in [0.05, 0.1) is 11.7 Å². The maximum Gasteiger partial charge on any atom is 0.0760 e. The molecule has 0 saturated carbocycles. The summed E-state index contributed by atoms with van der Waals surface area (Å²) in [4.78, 5) is 0. The third kappa shape index (κ3) is 28.5. The average Bonchev–Trinajstić information content (AvgIpc) is 3.04. The third-order valence-electron chi connectivity index (χ3n) is 8.67. The summed E-state index contributed by atoms with van der Waals surface area (Å²) in [6, 6.07) is 0. The third-order valence-corrected chi connectivity index (χ3v) is 8.67. The lowest BCUT2D eigenvalue weighted by atomic mass is 9.81. The zero-order chi connectivity index (χ0) is 33.1. The Bertz CT molecular complexity index is 562. The van der Waals surface area contributed by atoms with E-state index in [-0.39, 0.29) is 11.7 Å². The molecule has 0 bridgehead atoms. The van der Waals surface area contributed by atoms with Crippen LogP contribution in [0.3, 0.4) is 0 Å². The van der Waals surface area contributed by atoms with Crippen LogP contribution in [0, 0.1) is 12.3 Å². The Morgan fingerprint density at radius 3 is 1.67 bits per heavy atom. The molecule has 6 nitrogen and oxygen atoms in total. The molecular formula is C39H79O6. The average molecular weight is 644 g/mol. The molecule has 0 aliphatic carbocycles. The van der Waals surface area contributed by atoms with Crippen LogP contribution in [0.15, 0.2) is 0 Å². The van der Waals surface area contributed by atoms with Gasteiger partial charge in [0.2, 0.25) is 0 Å². The van der Waals surface area contributed by atoms with Crippen molar-refractivity contribution in [1.82, 2.24) is 0 Å². The minimum atomic E-state index is -0.354. The zero-order valence-electron chi connectivity index (χ0n) is 31.2. The lowest BCUT2D eigenvalue weighted by Gasteiger charge is -2.37. The monoisotopic (exact) mass is 644 g/mol. The molecule has 0 heterocycles. The highest BCUT2D eigenvalue weighted by atomic mass is 16.5. The van der Waals surface area contributed by atoms with Gasteiger partial charge in [0, 0.05) is 79.4 Å². The fraction of sp³-hybridized carbons (Fsp3) is 0.974. The number of methoxy groups -OCH3 is 1. The van der Waals surface area contributed by atoms with Gasteiger partial charge in [-0.25, -0.2) is 0 Å². The lowest BCUT2D eigenvalue weighted by molar-refractivity contribution is -0.0710. The van der Waals surface area contributed by atoms with Crippen LogP contribution in [0.5, 0.6) is 0 Å². The Morgan fingerprint density at radius 2 is 1.07 bits per heavy atom. The van der Waals surface area contributed by atoms with E-state index in [2.05, 4.69) is 41.0 Å². The summed E-state index contributed by atoms with van der Waals surface area (Å²) in [6.45, 7) is 18.1. The minimum Gasteiger partial charge on any atom is -0.385 e. The summed E-state index contributed by atoms with van der Waals surface area (Å²) in [7, 11) is 1.81. The van der Waals surface area contributed by atoms with Crippen molar-refractivity contribution >= 4 is 0 Å². The number of unbranched alkanes of at least 4 members (excludes halogenated alkanes) is 9. The van der Waals surface area contributed by atoms with Gasteiger partial charge in [-0.3, -0.25) is 0 Å². The molecule has 0 N–H and O–H groups in total. The largest absolute Gasteiger partial charge is 0.385 e. The summed E-state index contributed by atoms with van der Waals surface area (Å²) in [5.41, 5.74) is -0.354. The van der Waals surface area contributed by atoms with Gasteiger partial charge in [-0.2, -0.15) is 0 Å². The van der Waals surface area contributed by atoms with Crippen molar-refractivity contribution in [3.63, 3.8) is 0 Å². The number of hydrogen-bond acceptors (Lipinski definition) is 6. The van der Waals surface area contributed by atoms with Crippen LogP contribution in [0.1, 0.15) is 163 Å². The summed E-state index contributed by atoms with van der Waals surface area (Å²) < 4.78 is 36.8. The lowest BCUT2D eigenvalue weighted by Crippen LogP contribution is -2.39. The molecule has 6 heteroatoms. The molecule has 3 atom stereocenters. The van der Waals surface area contributed by atoms with E-state index in [9.17, 15) is 0 Å². The second-order valence-electron chi connectivity index (χ2n) is 12.9. The normalized spacial score (nSPS) is 14.5. The van der Waals surface area contributed by atoms with Crippen molar-refractivity contribution in [2.45, 2.75) is 175 Å². The molecule has 3 unspecified atom stereocenters. The molecule has 271 valence electrons. The highest BCUT2D eigenvalue weighted by Gasteiger charge is 2.34. The minimum absolute atomic E-state index is 0.265. The van der Waals surface area contributed by atoms with Gasteiger partial charge in [-0.05, 0) is 77.0 Å². The molecular weight excluding hydrogens is 564 g/mol. The van der Waals surface area contributed by atoms with Gasteiger partial charge in [0.25, 0.3) is 0 Å². The van der Waals surface area contributed by atoms with E-state index in [1.54, 1.807) is 0 Å². The number of hydrogen-bond donors (Lipinski definition) is 0. The maximum absolute atomic E-state index is 6.85. The van der Waals surface area contributed by atoms with Crippen LogP contribution < -0.4 is 0 Å². The van der Waals surface area contributed by atoms with E-state index in [4.69, 9.17) is 28.4 Å². The molecule has 0 aliphatic heterocycles. The van der Waals surface area contributed by atoms with E-state index in [1.807, 2.05) is 7.11 Å². The molecule has 0 rings (SSSR count). The van der Waals surface area contributed by atoms with Gasteiger partial charge in [-0.1, -0.05) is 85.5 Å². The fourth-order valence-electron chi connectivity index (χ4n) is 5.83. The molecule has 0 aromatic carbocycles. The second kappa shape index (κ2) is 35.1. The van der Waals surface area contributed by atoms with E-state index >= 15 is 0 Å². The standard InChI is InChI=1S/C39H79O6/c1-7-12-15-17-18-20-30-43-35-27-39(45-32-14-9-3,26-34-42-29-19-16-13-8-2)36-37(25-33-40-6)23-24-38(44-11-5)22-21-31-41-28-10-4/h36-38H,7-35H2,1-6H3. The van der Waals surface area contributed by atoms with Crippen molar-refractivity contribution in [3.8, 4) is 0 Å². The second-order valence-corrected chi connectivity index (χ2v) is 12.9. The molecule has 0 fully saturated rings. The Labute approximate surface area is 281 Å².